The standard InChI is InChI=1S/CH3Br.3HO3P/c1-2;3*1-4(2)3/h1H3;3*(H-,1,2,3)/p+3. The van der Waals surface area contributed by atoms with Crippen molar-refractivity contribution in [2.24, 2.45) is 0 Å². The van der Waals surface area contributed by atoms with Gasteiger partial charge in [-0.1, -0.05) is 15.9 Å². The van der Waals surface area contributed by atoms with Crippen LogP contribution in [-0.2, 0) is 13.7 Å². The molecule has 13 heteroatoms. The molecule has 0 unspecified atom stereocenters. The van der Waals surface area contributed by atoms with Gasteiger partial charge < -0.3 is 0 Å². The molecule has 0 aromatic heterocycles. The van der Waals surface area contributed by atoms with E-state index in [0.29, 0.717) is 0 Å². The van der Waals surface area contributed by atoms with E-state index in [-0.39, 0.29) is 0 Å². The average Bonchev–Trinajstić information content (AvgIpc) is 1.86. The molecule has 0 radical (unpaired) electrons. The van der Waals surface area contributed by atoms with Crippen LogP contribution in [0.2, 0.25) is 0 Å². The van der Waals surface area contributed by atoms with E-state index < -0.39 is 24.8 Å². The maximum absolute atomic E-state index is 8.70. The molecule has 0 bridgehead atoms. The smallest absolute Gasteiger partial charge is 0.134 e. The second-order valence-corrected chi connectivity index (χ2v) is 2.27. The predicted molar refractivity (Wildman–Crippen MR) is 51.0 cm³/mol. The Kier molecular flexibility index (Phi) is 40.1. The zero-order valence-corrected chi connectivity index (χ0v) is 10.9. The third-order valence-electron chi connectivity index (χ3n) is 0. The zero-order valence-electron chi connectivity index (χ0n) is 6.63. The summed E-state index contributed by atoms with van der Waals surface area (Å²) in [7, 11) is -8.61. The third-order valence-corrected chi connectivity index (χ3v) is 0. The first-order valence-corrected chi connectivity index (χ1v) is 7.21. The van der Waals surface area contributed by atoms with Gasteiger partial charge in [0.15, 0.2) is 0 Å². The Morgan fingerprint density at radius 2 is 0.643 bits per heavy atom. The minimum absolute atomic E-state index is 1.81. The van der Waals surface area contributed by atoms with Gasteiger partial charge in [0.1, 0.15) is 0 Å². The molecule has 0 heterocycles. The van der Waals surface area contributed by atoms with Crippen LogP contribution in [0.4, 0.5) is 0 Å². The molecule has 0 aromatic rings. The van der Waals surface area contributed by atoms with E-state index in [4.69, 9.17) is 43.1 Å². The number of rotatable bonds is 0. The number of hydrogen-bond donors (Lipinski definition) is 6. The second kappa shape index (κ2) is 23.4. The van der Waals surface area contributed by atoms with Crippen molar-refractivity contribution >= 4 is 40.7 Å². The lowest BCUT2D eigenvalue weighted by Gasteiger charge is -1.34. The number of alkyl halides is 1. The molecular formula is CH9BrO9P3+3. The van der Waals surface area contributed by atoms with Gasteiger partial charge in [-0.15, -0.1) is 29.4 Å². The maximum Gasteiger partial charge on any atom is 0.692 e. The SMILES string of the molecule is CBr.O=[P+](O)O.O=[P+](O)O.O=[P+](O)O. The van der Waals surface area contributed by atoms with E-state index >= 15 is 0 Å². The van der Waals surface area contributed by atoms with Crippen LogP contribution >= 0.6 is 40.7 Å². The van der Waals surface area contributed by atoms with Gasteiger partial charge in [-0.25, -0.2) is 0 Å². The fourth-order valence-corrected chi connectivity index (χ4v) is 0. The molecule has 0 spiro atoms. The topological polar surface area (TPSA) is 173 Å². The van der Waals surface area contributed by atoms with E-state index in [1.807, 2.05) is 5.83 Å². The molecule has 0 amide bonds. The Morgan fingerprint density at radius 3 is 0.643 bits per heavy atom. The first-order chi connectivity index (χ1) is 6.20. The first-order valence-electron chi connectivity index (χ1n) is 2.13. The Labute approximate surface area is 90.0 Å². The summed E-state index contributed by atoms with van der Waals surface area (Å²) in [5.74, 6) is 1.81. The molecule has 0 aliphatic carbocycles. The molecule has 14 heavy (non-hydrogen) atoms. The molecular weight excluding hydrogens is 329 g/mol. The van der Waals surface area contributed by atoms with E-state index in [2.05, 4.69) is 15.9 Å². The highest BCUT2D eigenvalue weighted by atomic mass is 79.9. The highest BCUT2D eigenvalue weighted by molar-refractivity contribution is 9.08. The van der Waals surface area contributed by atoms with Crippen LogP contribution < -0.4 is 0 Å². The van der Waals surface area contributed by atoms with Crippen molar-refractivity contribution in [1.82, 2.24) is 0 Å². The van der Waals surface area contributed by atoms with Crippen LogP contribution in [0.5, 0.6) is 0 Å². The van der Waals surface area contributed by atoms with Crippen molar-refractivity contribution in [2.45, 2.75) is 0 Å². The molecule has 0 aliphatic heterocycles. The van der Waals surface area contributed by atoms with Gasteiger partial charge >= 0.3 is 24.8 Å². The first kappa shape index (κ1) is 24.0. The molecule has 0 atom stereocenters. The Bertz CT molecular complexity index is 118. The zero-order chi connectivity index (χ0) is 12.7. The lowest BCUT2D eigenvalue weighted by atomic mass is 12.0. The quantitative estimate of drug-likeness (QED) is 0.260. The van der Waals surface area contributed by atoms with Gasteiger partial charge in [0.05, 0.1) is 0 Å². The lowest BCUT2D eigenvalue weighted by molar-refractivity contribution is 0.403. The van der Waals surface area contributed by atoms with Gasteiger partial charge in [-0.3, -0.25) is 0 Å². The Hall–Kier alpha value is 0.540. The molecule has 0 rings (SSSR count). The minimum atomic E-state index is -2.87. The van der Waals surface area contributed by atoms with Crippen molar-refractivity contribution in [3.63, 3.8) is 0 Å². The van der Waals surface area contributed by atoms with Crippen LogP contribution in [0.1, 0.15) is 0 Å². The average molecular weight is 338 g/mol. The third kappa shape index (κ3) is 5730. The monoisotopic (exact) mass is 337 g/mol. The molecule has 86 valence electrons. The molecule has 0 aliphatic rings. The highest BCUT2D eigenvalue weighted by Gasteiger charge is 1.93. The summed E-state index contributed by atoms with van der Waals surface area (Å²) >= 11 is 2.94. The van der Waals surface area contributed by atoms with Gasteiger partial charge in [0.25, 0.3) is 0 Å². The van der Waals surface area contributed by atoms with E-state index in [1.165, 1.54) is 0 Å². The van der Waals surface area contributed by atoms with Gasteiger partial charge in [0.2, 0.25) is 0 Å². The normalized spacial score (nSPS) is 6.00. The van der Waals surface area contributed by atoms with Gasteiger partial charge in [-0.2, -0.15) is 0 Å². The summed E-state index contributed by atoms with van der Waals surface area (Å²) in [4.78, 5) is 42.7. The Morgan fingerprint density at radius 1 is 0.643 bits per heavy atom. The summed E-state index contributed by atoms with van der Waals surface area (Å²) in [6.07, 6.45) is 0. The summed E-state index contributed by atoms with van der Waals surface area (Å²) in [5, 5.41) is 0. The van der Waals surface area contributed by atoms with E-state index in [0.717, 1.165) is 0 Å². The van der Waals surface area contributed by atoms with Crippen LogP contribution in [0.25, 0.3) is 0 Å². The van der Waals surface area contributed by atoms with Crippen molar-refractivity contribution < 1.29 is 43.1 Å². The lowest BCUT2D eigenvalue weighted by Crippen LogP contribution is -1.38. The molecule has 0 fully saturated rings. The summed E-state index contributed by atoms with van der Waals surface area (Å²) in [6, 6.07) is 0. The number of halogens is 1. The highest BCUT2D eigenvalue weighted by Crippen LogP contribution is 1.99. The molecule has 0 saturated heterocycles. The van der Waals surface area contributed by atoms with E-state index in [1.54, 1.807) is 0 Å². The van der Waals surface area contributed by atoms with Crippen LogP contribution in [0, 0.1) is 0 Å². The van der Waals surface area contributed by atoms with Crippen molar-refractivity contribution in [3.05, 3.63) is 0 Å². The molecule has 9 nitrogen and oxygen atoms in total. The molecule has 0 saturated carbocycles. The maximum atomic E-state index is 8.70. The molecule has 0 aromatic carbocycles. The van der Waals surface area contributed by atoms with Gasteiger partial charge in [0, 0.05) is 13.7 Å². The van der Waals surface area contributed by atoms with Crippen LogP contribution in [-0.4, -0.2) is 35.2 Å². The molecule has 6 N–H and O–H groups in total. The van der Waals surface area contributed by atoms with Gasteiger partial charge in [-0.05, 0) is 5.83 Å². The fourth-order valence-electron chi connectivity index (χ4n) is 0. The Balaban J connectivity index is -0.0000000492. The summed E-state index contributed by atoms with van der Waals surface area (Å²) in [6.45, 7) is 0. The number of hydrogen-bond acceptors (Lipinski definition) is 3. The summed E-state index contributed by atoms with van der Waals surface area (Å²) in [5.41, 5.74) is 0. The predicted octanol–water partition coefficient (Wildman–Crippen LogP) is -0.104. The fraction of sp³-hybridized carbons (Fsp3) is 1.00. The van der Waals surface area contributed by atoms with Crippen molar-refractivity contribution in [1.29, 1.82) is 0 Å². The largest absolute Gasteiger partial charge is 0.692 e. The van der Waals surface area contributed by atoms with Crippen molar-refractivity contribution in [3.8, 4) is 0 Å². The van der Waals surface area contributed by atoms with Crippen LogP contribution in [0.15, 0.2) is 0 Å². The minimum Gasteiger partial charge on any atom is -0.134 e. The van der Waals surface area contributed by atoms with E-state index in [9.17, 15) is 0 Å². The second-order valence-electron chi connectivity index (χ2n) is 0.758. The van der Waals surface area contributed by atoms with Crippen molar-refractivity contribution in [2.75, 3.05) is 5.83 Å². The van der Waals surface area contributed by atoms with Crippen LogP contribution in [0.3, 0.4) is 0 Å². The summed E-state index contributed by atoms with van der Waals surface area (Å²) < 4.78 is 26.1.